The molecule has 0 aliphatic carbocycles. The molecule has 0 spiro atoms. The van der Waals surface area contributed by atoms with Crippen molar-refractivity contribution < 1.29 is 36.2 Å². The molecule has 1 aliphatic rings. The summed E-state index contributed by atoms with van der Waals surface area (Å²) in [6.45, 7) is 0.576. The molecular formula is C18H21F6NO2. The highest BCUT2D eigenvalue weighted by molar-refractivity contribution is 5.67. The van der Waals surface area contributed by atoms with E-state index in [2.05, 4.69) is 0 Å². The molecule has 1 saturated heterocycles. The number of carboxylic acid groups (broad SMARTS) is 1. The molecule has 1 heterocycles. The van der Waals surface area contributed by atoms with Gasteiger partial charge in [0, 0.05) is 18.9 Å². The Morgan fingerprint density at radius 2 is 1.74 bits per heavy atom. The molecule has 3 nitrogen and oxygen atoms in total. The van der Waals surface area contributed by atoms with E-state index < -0.39 is 36.3 Å². The Balaban J connectivity index is 2.14. The summed E-state index contributed by atoms with van der Waals surface area (Å²) in [5, 5.41) is 8.98. The van der Waals surface area contributed by atoms with Crippen LogP contribution in [0, 0.1) is 5.92 Å². The number of likely N-dealkylation sites (tertiary alicyclic amines) is 1. The smallest absolute Gasteiger partial charge is 0.416 e. The summed E-state index contributed by atoms with van der Waals surface area (Å²) in [6.07, 6.45) is -8.90. The zero-order valence-corrected chi connectivity index (χ0v) is 14.5. The van der Waals surface area contributed by atoms with Gasteiger partial charge in [-0.1, -0.05) is 12.1 Å². The first-order valence-electron chi connectivity index (χ1n) is 8.65. The van der Waals surface area contributed by atoms with Crippen LogP contribution in [0.25, 0.3) is 0 Å². The average molecular weight is 397 g/mol. The summed E-state index contributed by atoms with van der Waals surface area (Å²) in [7, 11) is 0. The Bertz CT molecular complexity index is 626. The standard InChI is InChI=1S/C18H21F6NO2/c19-17(20,21)7-1-8-25-9-6-12(11-16(26)27)10-15(25)13-2-4-14(5-3-13)18(22,23)24/h2-5,12,15H,1,6-11H2,(H,26,27)/t12-,15+/m1/s1. The molecule has 1 aromatic rings. The maximum atomic E-state index is 12.7. The molecular weight excluding hydrogens is 376 g/mol. The van der Waals surface area contributed by atoms with Crippen LogP contribution in [0.4, 0.5) is 26.3 Å². The number of nitrogens with zero attached hydrogens (tertiary/aromatic N) is 1. The molecule has 1 aliphatic heterocycles. The quantitative estimate of drug-likeness (QED) is 0.665. The van der Waals surface area contributed by atoms with E-state index in [4.69, 9.17) is 5.11 Å². The number of aliphatic carboxylic acids is 1. The minimum absolute atomic E-state index is 0.0620. The van der Waals surface area contributed by atoms with Gasteiger partial charge in [-0.25, -0.2) is 0 Å². The minimum atomic E-state index is -4.47. The highest BCUT2D eigenvalue weighted by Crippen LogP contribution is 2.37. The lowest BCUT2D eigenvalue weighted by molar-refractivity contribution is -0.140. The fourth-order valence-electron chi connectivity index (χ4n) is 3.51. The number of carbonyl (C=O) groups is 1. The highest BCUT2D eigenvalue weighted by atomic mass is 19.4. The second kappa shape index (κ2) is 8.50. The fourth-order valence-corrected chi connectivity index (χ4v) is 3.51. The van der Waals surface area contributed by atoms with Crippen molar-refractivity contribution in [1.82, 2.24) is 4.90 Å². The van der Waals surface area contributed by atoms with E-state index in [-0.39, 0.29) is 25.3 Å². The third-order valence-electron chi connectivity index (χ3n) is 4.81. The minimum Gasteiger partial charge on any atom is -0.481 e. The molecule has 0 unspecified atom stereocenters. The predicted octanol–water partition coefficient (Wildman–Crippen LogP) is 5.28. The number of halogens is 6. The van der Waals surface area contributed by atoms with Gasteiger partial charge in [-0.15, -0.1) is 0 Å². The maximum Gasteiger partial charge on any atom is 0.416 e. The zero-order chi connectivity index (χ0) is 20.2. The van der Waals surface area contributed by atoms with Crippen LogP contribution in [-0.2, 0) is 11.0 Å². The van der Waals surface area contributed by atoms with E-state index in [1.165, 1.54) is 12.1 Å². The lowest BCUT2D eigenvalue weighted by Crippen LogP contribution is -2.38. The molecule has 2 atom stereocenters. The zero-order valence-electron chi connectivity index (χ0n) is 14.5. The van der Waals surface area contributed by atoms with Crippen molar-refractivity contribution in [3.63, 3.8) is 0 Å². The van der Waals surface area contributed by atoms with Crippen LogP contribution < -0.4 is 0 Å². The molecule has 1 N–H and O–H groups in total. The first kappa shape index (κ1) is 21.5. The van der Waals surface area contributed by atoms with E-state index in [1.807, 2.05) is 4.90 Å². The monoisotopic (exact) mass is 397 g/mol. The number of hydrogen-bond acceptors (Lipinski definition) is 2. The van der Waals surface area contributed by atoms with Crippen LogP contribution in [0.2, 0.25) is 0 Å². The molecule has 0 amide bonds. The van der Waals surface area contributed by atoms with Gasteiger partial charge in [0.05, 0.1) is 5.56 Å². The van der Waals surface area contributed by atoms with Crippen molar-refractivity contribution in [2.45, 2.75) is 50.5 Å². The summed E-state index contributed by atoms with van der Waals surface area (Å²) in [5.74, 6) is -1.12. The Labute approximate surface area is 153 Å². The van der Waals surface area contributed by atoms with Crippen molar-refractivity contribution in [3.8, 4) is 0 Å². The number of rotatable bonds is 6. The van der Waals surface area contributed by atoms with Crippen LogP contribution in [0.3, 0.4) is 0 Å². The Kier molecular flexibility index (Phi) is 6.77. The molecule has 9 heteroatoms. The Morgan fingerprint density at radius 3 is 2.26 bits per heavy atom. The Hall–Kier alpha value is -1.77. The number of benzene rings is 1. The SMILES string of the molecule is O=C(O)C[C@@H]1CCN(CCCC(F)(F)F)[C@H](c2ccc(C(F)(F)F)cc2)C1. The van der Waals surface area contributed by atoms with Crippen LogP contribution in [0.5, 0.6) is 0 Å². The number of carboxylic acids is 1. The largest absolute Gasteiger partial charge is 0.481 e. The highest BCUT2D eigenvalue weighted by Gasteiger charge is 2.34. The van der Waals surface area contributed by atoms with E-state index in [9.17, 15) is 31.1 Å². The summed E-state index contributed by atoms with van der Waals surface area (Å²) in [4.78, 5) is 12.8. The summed E-state index contributed by atoms with van der Waals surface area (Å²) in [6, 6.07) is 4.16. The van der Waals surface area contributed by atoms with Crippen molar-refractivity contribution in [3.05, 3.63) is 35.4 Å². The molecule has 0 aromatic heterocycles. The van der Waals surface area contributed by atoms with Crippen LogP contribution >= 0.6 is 0 Å². The predicted molar refractivity (Wildman–Crippen MR) is 86.0 cm³/mol. The van der Waals surface area contributed by atoms with Crippen molar-refractivity contribution in [2.24, 2.45) is 5.92 Å². The third-order valence-corrected chi connectivity index (χ3v) is 4.81. The number of hydrogen-bond donors (Lipinski definition) is 1. The molecule has 0 radical (unpaired) electrons. The summed E-state index contributed by atoms with van der Waals surface area (Å²) < 4.78 is 75.4. The van der Waals surface area contributed by atoms with Gasteiger partial charge >= 0.3 is 18.3 Å². The Morgan fingerprint density at radius 1 is 1.11 bits per heavy atom. The molecule has 1 fully saturated rings. The number of alkyl halides is 6. The molecule has 1 aromatic carbocycles. The van der Waals surface area contributed by atoms with Gasteiger partial charge in [0.2, 0.25) is 0 Å². The second-order valence-corrected chi connectivity index (χ2v) is 6.88. The van der Waals surface area contributed by atoms with Gasteiger partial charge in [-0.2, -0.15) is 26.3 Å². The third kappa shape index (κ3) is 6.71. The maximum absolute atomic E-state index is 12.7. The molecule has 2 rings (SSSR count). The van der Waals surface area contributed by atoms with Gasteiger partial charge in [0.25, 0.3) is 0 Å². The van der Waals surface area contributed by atoms with Gasteiger partial charge in [0.15, 0.2) is 0 Å². The van der Waals surface area contributed by atoms with Crippen LogP contribution in [-0.4, -0.2) is 35.2 Å². The van der Waals surface area contributed by atoms with E-state index >= 15 is 0 Å². The van der Waals surface area contributed by atoms with Gasteiger partial charge < -0.3 is 5.11 Å². The van der Waals surface area contributed by atoms with Crippen molar-refractivity contribution in [1.29, 1.82) is 0 Å². The fraction of sp³-hybridized carbons (Fsp3) is 0.611. The van der Waals surface area contributed by atoms with E-state index in [1.54, 1.807) is 0 Å². The van der Waals surface area contributed by atoms with Gasteiger partial charge in [0.1, 0.15) is 0 Å². The summed E-state index contributed by atoms with van der Waals surface area (Å²) in [5.41, 5.74) is -0.238. The van der Waals surface area contributed by atoms with E-state index in [0.717, 1.165) is 12.1 Å². The topological polar surface area (TPSA) is 40.5 Å². The molecule has 27 heavy (non-hydrogen) atoms. The normalized spacial score (nSPS) is 22.0. The molecule has 0 saturated carbocycles. The lowest BCUT2D eigenvalue weighted by atomic mass is 9.85. The lowest BCUT2D eigenvalue weighted by Gasteiger charge is -2.39. The van der Waals surface area contributed by atoms with Gasteiger partial charge in [-0.3, -0.25) is 9.69 Å². The second-order valence-electron chi connectivity index (χ2n) is 6.88. The van der Waals surface area contributed by atoms with Crippen LogP contribution in [0.1, 0.15) is 49.3 Å². The first-order chi connectivity index (χ1) is 12.5. The van der Waals surface area contributed by atoms with Gasteiger partial charge in [-0.05, 0) is 56.0 Å². The summed E-state index contributed by atoms with van der Waals surface area (Å²) >= 11 is 0. The first-order valence-corrected chi connectivity index (χ1v) is 8.65. The average Bonchev–Trinajstić information content (AvgIpc) is 2.53. The van der Waals surface area contributed by atoms with E-state index in [0.29, 0.717) is 24.9 Å². The van der Waals surface area contributed by atoms with Crippen molar-refractivity contribution in [2.75, 3.05) is 13.1 Å². The number of piperidine rings is 1. The molecule has 152 valence electrons. The molecule has 0 bridgehead atoms. The van der Waals surface area contributed by atoms with Crippen molar-refractivity contribution >= 4 is 5.97 Å². The van der Waals surface area contributed by atoms with Crippen LogP contribution in [0.15, 0.2) is 24.3 Å².